The molecule has 21 heteroatoms. The highest BCUT2D eigenvalue weighted by Gasteiger charge is 2.64. The fourth-order valence-corrected chi connectivity index (χ4v) is 12.5. The number of ether oxygens (including phenoxy) is 4. The molecule has 1 unspecified atom stereocenters. The molecule has 68 heavy (non-hydrogen) atoms. The van der Waals surface area contributed by atoms with Gasteiger partial charge in [-0.25, -0.2) is 18.2 Å². The first kappa shape index (κ1) is 50.1. The van der Waals surface area contributed by atoms with Crippen LogP contribution in [0.2, 0.25) is 0 Å². The van der Waals surface area contributed by atoms with Crippen LogP contribution < -0.4 is 24.8 Å². The number of pyridine rings is 1. The van der Waals surface area contributed by atoms with Crippen LogP contribution in [-0.4, -0.2) is 133 Å². The van der Waals surface area contributed by atoms with Crippen molar-refractivity contribution in [1.82, 2.24) is 30.1 Å². The molecule has 2 aromatic rings. The van der Waals surface area contributed by atoms with Crippen LogP contribution >= 0.6 is 8.58 Å². The first-order chi connectivity index (χ1) is 32.3. The minimum absolute atomic E-state index is 0.00108. The molecule has 5 aliphatic heterocycles. The van der Waals surface area contributed by atoms with Gasteiger partial charge in [-0.05, 0) is 108 Å². The highest BCUT2D eigenvalue weighted by molar-refractivity contribution is 7.91. The van der Waals surface area contributed by atoms with E-state index in [1.807, 2.05) is 19.9 Å². The molecular formula is C47H64F3N6O10PS. The number of fused-ring (bicyclic) bond motifs is 5. The van der Waals surface area contributed by atoms with E-state index in [9.17, 15) is 27.6 Å². The topological polar surface area (TPSA) is 195 Å². The monoisotopic (exact) mass is 992 g/mol. The van der Waals surface area contributed by atoms with Gasteiger partial charge in [-0.1, -0.05) is 47.4 Å². The van der Waals surface area contributed by atoms with Gasteiger partial charge in [-0.3, -0.25) is 19.1 Å². The summed E-state index contributed by atoms with van der Waals surface area (Å²) in [6.45, 7) is 8.80. The third-order valence-corrected chi connectivity index (χ3v) is 18.2. The fraction of sp³-hybridized carbons (Fsp3) is 0.681. The summed E-state index contributed by atoms with van der Waals surface area (Å²) >= 11 is 0. The number of hydrogen-bond donors (Lipinski definition) is 3. The molecule has 374 valence electrons. The maximum Gasteiger partial charge on any atom is 0.437 e. The number of rotatable bonds is 12. The predicted octanol–water partition coefficient (Wildman–Crippen LogP) is 5.80. The molecule has 6 heterocycles. The maximum absolute atomic E-state index is 15.1. The molecule has 0 radical (unpaired) electrons. The molecule has 8 rings (SSSR count). The maximum atomic E-state index is 15.1. The summed E-state index contributed by atoms with van der Waals surface area (Å²) in [5, 5.41) is 4.30. The minimum Gasteiger partial charge on any atom is -0.493 e. The van der Waals surface area contributed by atoms with Crippen LogP contribution in [0.3, 0.4) is 0 Å². The van der Waals surface area contributed by atoms with Crippen LogP contribution in [0.5, 0.6) is 11.5 Å². The van der Waals surface area contributed by atoms with E-state index >= 15 is 13.2 Å². The Labute approximate surface area is 397 Å². The van der Waals surface area contributed by atoms with E-state index in [1.165, 1.54) is 11.0 Å². The number of nitrogens with one attached hydrogen (secondary N) is 3. The van der Waals surface area contributed by atoms with E-state index in [2.05, 4.69) is 25.2 Å². The molecule has 3 N–H and O–H groups in total. The number of halogens is 3. The Kier molecular flexibility index (Phi) is 14.6. The number of allylic oxidation sites excluding steroid dienone is 1. The van der Waals surface area contributed by atoms with Crippen molar-refractivity contribution in [2.24, 2.45) is 11.8 Å². The number of aryl methyl sites for hydroxylation is 1. The number of carbonyl (C=O) groups is 4. The van der Waals surface area contributed by atoms with Gasteiger partial charge in [0.05, 0.1) is 36.6 Å². The second kappa shape index (κ2) is 19.9. The summed E-state index contributed by atoms with van der Waals surface area (Å²) in [7, 11) is -2.66. The van der Waals surface area contributed by atoms with E-state index in [4.69, 9.17) is 18.9 Å². The Balaban J connectivity index is 1.10. The predicted molar refractivity (Wildman–Crippen MR) is 248 cm³/mol. The van der Waals surface area contributed by atoms with E-state index in [1.54, 1.807) is 32.2 Å². The SMILES string of the molecule is COCCN1CCC(COc2ccc3nc(C(F)(F)F)c4c(c3c2)CC[C@]2(C[C@H]3C(=O)N[C@]5(C(=O)NS(=O)(=O)C6(C)CC6)P[C@H]5/C=C\CCCCC[C@H](NC(=O)OCC(C)C)C(=O)N3C2)O4)CC1. The summed E-state index contributed by atoms with van der Waals surface area (Å²) in [5.41, 5.74) is -2.94. The van der Waals surface area contributed by atoms with E-state index in [0.717, 1.165) is 32.5 Å². The van der Waals surface area contributed by atoms with Crippen molar-refractivity contribution >= 4 is 53.3 Å². The molecular weight excluding hydrogens is 929 g/mol. The number of benzene rings is 1. The number of aromatic nitrogens is 1. The Bertz CT molecular complexity index is 2400. The van der Waals surface area contributed by atoms with Gasteiger partial charge in [0.2, 0.25) is 21.8 Å². The van der Waals surface area contributed by atoms with Gasteiger partial charge < -0.3 is 39.4 Å². The average molecular weight is 993 g/mol. The number of sulfonamides is 1. The van der Waals surface area contributed by atoms with Crippen LogP contribution in [0.4, 0.5) is 18.0 Å². The van der Waals surface area contributed by atoms with Crippen LogP contribution in [0.25, 0.3) is 10.9 Å². The van der Waals surface area contributed by atoms with Crippen molar-refractivity contribution in [3.8, 4) is 11.5 Å². The van der Waals surface area contributed by atoms with Gasteiger partial charge in [0.25, 0.3) is 5.91 Å². The third kappa shape index (κ3) is 10.9. The summed E-state index contributed by atoms with van der Waals surface area (Å²) in [4.78, 5) is 64.5. The zero-order valence-corrected chi connectivity index (χ0v) is 41.0. The van der Waals surface area contributed by atoms with Crippen LogP contribution in [0.1, 0.15) is 103 Å². The van der Waals surface area contributed by atoms with Gasteiger partial charge in [0, 0.05) is 36.7 Å². The number of carbonyl (C=O) groups excluding carboxylic acids is 4. The summed E-state index contributed by atoms with van der Waals surface area (Å²) < 4.78 is 96.3. The van der Waals surface area contributed by atoms with Crippen molar-refractivity contribution in [3.63, 3.8) is 0 Å². The highest BCUT2D eigenvalue weighted by atomic mass is 32.2. The number of piperidine rings is 1. The third-order valence-electron chi connectivity index (χ3n) is 14.3. The highest BCUT2D eigenvalue weighted by Crippen LogP contribution is 2.60. The smallest absolute Gasteiger partial charge is 0.437 e. The molecule has 6 aliphatic rings. The van der Waals surface area contributed by atoms with Crippen molar-refractivity contribution in [3.05, 3.63) is 41.6 Å². The number of methoxy groups -OCH3 is 1. The molecule has 1 saturated carbocycles. The number of nitrogens with zero attached hydrogens (tertiary/aromatic N) is 3. The van der Waals surface area contributed by atoms with Crippen molar-refractivity contribution in [2.45, 2.75) is 137 Å². The van der Waals surface area contributed by atoms with Crippen LogP contribution in [0.15, 0.2) is 30.4 Å². The van der Waals surface area contributed by atoms with Gasteiger partial charge >= 0.3 is 12.3 Å². The molecule has 1 spiro atoms. The number of alkyl halides is 3. The van der Waals surface area contributed by atoms with Crippen LogP contribution in [-0.2, 0) is 46.5 Å². The number of alkyl carbamates (subject to hydrolysis) is 1. The largest absolute Gasteiger partial charge is 0.493 e. The van der Waals surface area contributed by atoms with Gasteiger partial charge in [-0.2, -0.15) is 13.2 Å². The molecule has 4 fully saturated rings. The second-order valence-electron chi connectivity index (χ2n) is 20.1. The lowest BCUT2D eigenvalue weighted by Gasteiger charge is -2.37. The lowest BCUT2D eigenvalue weighted by atomic mass is 9.87. The van der Waals surface area contributed by atoms with Crippen LogP contribution in [0, 0.1) is 11.8 Å². The van der Waals surface area contributed by atoms with Gasteiger partial charge in [0.15, 0.2) is 11.4 Å². The van der Waals surface area contributed by atoms with Crippen molar-refractivity contribution < 1.29 is 59.7 Å². The fourth-order valence-electron chi connectivity index (χ4n) is 9.76. The first-order valence-corrected chi connectivity index (χ1v) is 26.5. The molecule has 3 saturated heterocycles. The Morgan fingerprint density at radius 2 is 1.85 bits per heavy atom. The summed E-state index contributed by atoms with van der Waals surface area (Å²) in [6, 6.07) is 2.25. The average Bonchev–Trinajstić information content (AvgIpc) is 4.19. The van der Waals surface area contributed by atoms with Gasteiger partial charge in [-0.15, -0.1) is 0 Å². The zero-order chi connectivity index (χ0) is 48.6. The number of amides is 4. The second-order valence-corrected chi connectivity index (χ2v) is 24.0. The number of hydrogen-bond acceptors (Lipinski definition) is 12. The summed E-state index contributed by atoms with van der Waals surface area (Å²) in [5.74, 6) is -2.08. The van der Waals surface area contributed by atoms with E-state index in [0.29, 0.717) is 68.8 Å². The van der Waals surface area contributed by atoms with Crippen molar-refractivity contribution in [1.29, 1.82) is 0 Å². The molecule has 6 atom stereocenters. The van der Waals surface area contributed by atoms with E-state index in [-0.39, 0.29) is 64.4 Å². The quantitative estimate of drug-likeness (QED) is 0.171. The van der Waals surface area contributed by atoms with E-state index < -0.39 is 84.8 Å². The Morgan fingerprint density at radius 1 is 1.09 bits per heavy atom. The molecule has 1 aromatic heterocycles. The zero-order valence-electron chi connectivity index (χ0n) is 39.2. The standard InChI is InChI=1S/C47H64F3N6O10PS/c1-29(2)26-65-43(60)52-35-10-8-6-5-7-9-11-37-46(67-37,42(59)54-68(61,62)44(3)18-19-44)53-40(57)36-25-45(28-56(36)41(35)58)17-14-32-33-24-31(64-27-30-15-20-55(21-16-30)22-23-63-4)12-13-34(33)51-39(38(32)66-45)47(48,49)50/h9,11-13,24,29-30,35-37,67H,5-8,10,14-23,25-28H2,1-4H3,(H,52,60)(H,53,57)(H,54,59)/b11-9-/t35-,36-,37-,45+,46-/m0/s1. The molecule has 1 aromatic carbocycles. The molecule has 0 bridgehead atoms. The Hall–Kier alpha value is -4.26. The lowest BCUT2D eigenvalue weighted by Crippen LogP contribution is -2.58. The van der Waals surface area contributed by atoms with Crippen molar-refractivity contribution in [2.75, 3.05) is 53.1 Å². The molecule has 16 nitrogen and oxygen atoms in total. The Morgan fingerprint density at radius 3 is 2.56 bits per heavy atom. The molecule has 1 aliphatic carbocycles. The number of likely N-dealkylation sites (tertiary alicyclic amines) is 1. The molecule has 4 amide bonds. The normalized spacial score (nSPS) is 28.6. The lowest BCUT2D eigenvalue weighted by molar-refractivity contribution is -0.144. The first-order valence-electron chi connectivity index (χ1n) is 23.9. The minimum atomic E-state index is -4.95. The van der Waals surface area contributed by atoms with Gasteiger partial charge in [0.1, 0.15) is 28.7 Å². The summed E-state index contributed by atoms with van der Waals surface area (Å²) in [6.07, 6.45) is 3.11.